The molecule has 0 bridgehead atoms. The number of hydrogen-bond acceptors (Lipinski definition) is 4. The normalized spacial score (nSPS) is 21.6. The first kappa shape index (κ1) is 16.2. The highest BCUT2D eigenvalue weighted by atomic mass is 16.4. The van der Waals surface area contributed by atoms with E-state index in [9.17, 15) is 19.5 Å². The second-order valence-corrected chi connectivity index (χ2v) is 4.77. The highest BCUT2D eigenvalue weighted by Crippen LogP contribution is 2.20. The minimum Gasteiger partial charge on any atom is -0.480 e. The number of aliphatic carboxylic acids is 1. The first-order chi connectivity index (χ1) is 9.40. The molecule has 0 aliphatic carbocycles. The van der Waals surface area contributed by atoms with E-state index in [4.69, 9.17) is 5.11 Å². The van der Waals surface area contributed by atoms with Crippen molar-refractivity contribution in [3.8, 4) is 0 Å². The van der Waals surface area contributed by atoms with Crippen molar-refractivity contribution in [3.05, 3.63) is 0 Å². The van der Waals surface area contributed by atoms with Crippen molar-refractivity contribution in [2.24, 2.45) is 0 Å². The fourth-order valence-electron chi connectivity index (χ4n) is 2.21. The molecule has 0 aromatic rings. The number of aliphatic hydroxyl groups is 1. The van der Waals surface area contributed by atoms with Crippen LogP contribution in [0.25, 0.3) is 0 Å². The van der Waals surface area contributed by atoms with E-state index in [1.807, 2.05) is 6.92 Å². The van der Waals surface area contributed by atoms with Gasteiger partial charge in [0.15, 0.2) is 0 Å². The molecule has 1 rings (SSSR count). The van der Waals surface area contributed by atoms with Gasteiger partial charge in [-0.25, -0.2) is 9.59 Å². The summed E-state index contributed by atoms with van der Waals surface area (Å²) in [4.78, 5) is 37.3. The van der Waals surface area contributed by atoms with Crippen LogP contribution in [0.2, 0.25) is 0 Å². The van der Waals surface area contributed by atoms with Crippen molar-refractivity contribution in [2.45, 2.75) is 31.9 Å². The number of hydrogen-bond donors (Lipinski definition) is 3. The average molecular weight is 287 g/mol. The van der Waals surface area contributed by atoms with Gasteiger partial charge in [0.1, 0.15) is 12.6 Å². The van der Waals surface area contributed by atoms with Crippen LogP contribution < -0.4 is 5.32 Å². The summed E-state index contributed by atoms with van der Waals surface area (Å²) in [5, 5.41) is 21.1. The van der Waals surface area contributed by atoms with E-state index >= 15 is 0 Å². The van der Waals surface area contributed by atoms with Gasteiger partial charge in [-0.05, 0) is 6.42 Å². The first-order valence-corrected chi connectivity index (χ1v) is 6.57. The van der Waals surface area contributed by atoms with E-state index in [1.165, 1.54) is 11.9 Å². The molecule has 0 aromatic carbocycles. The monoisotopic (exact) mass is 287 g/mol. The summed E-state index contributed by atoms with van der Waals surface area (Å²) in [6, 6.07) is -1.57. The molecule has 1 aliphatic rings. The van der Waals surface area contributed by atoms with Crippen molar-refractivity contribution in [2.75, 3.05) is 26.7 Å². The second kappa shape index (κ2) is 7.09. The summed E-state index contributed by atoms with van der Waals surface area (Å²) < 4.78 is 0. The van der Waals surface area contributed by atoms with Crippen molar-refractivity contribution in [1.29, 1.82) is 0 Å². The zero-order chi connectivity index (χ0) is 15.3. The quantitative estimate of drug-likeness (QED) is 0.606. The molecule has 3 amide bonds. The molecule has 2 atom stereocenters. The SMILES string of the molecule is CCCN(CC(=O)NC)C(=O)N1C[C@H](O)C[C@@H]1C(=O)O. The van der Waals surface area contributed by atoms with Gasteiger partial charge in [-0.3, -0.25) is 4.79 Å². The smallest absolute Gasteiger partial charge is 0.326 e. The Morgan fingerprint density at radius 3 is 2.55 bits per heavy atom. The molecule has 0 radical (unpaired) electrons. The van der Waals surface area contributed by atoms with Gasteiger partial charge in [-0.1, -0.05) is 6.92 Å². The first-order valence-electron chi connectivity index (χ1n) is 6.57. The third-order valence-corrected chi connectivity index (χ3v) is 3.19. The molecule has 0 aromatic heterocycles. The van der Waals surface area contributed by atoms with Gasteiger partial charge >= 0.3 is 12.0 Å². The van der Waals surface area contributed by atoms with E-state index in [0.29, 0.717) is 13.0 Å². The molecule has 0 spiro atoms. The van der Waals surface area contributed by atoms with Crippen LogP contribution in [0.4, 0.5) is 4.79 Å². The molecule has 0 saturated carbocycles. The second-order valence-electron chi connectivity index (χ2n) is 4.77. The van der Waals surface area contributed by atoms with Crippen molar-refractivity contribution < 1.29 is 24.6 Å². The number of likely N-dealkylation sites (tertiary alicyclic amines) is 1. The highest BCUT2D eigenvalue weighted by molar-refractivity contribution is 5.87. The largest absolute Gasteiger partial charge is 0.480 e. The standard InChI is InChI=1S/C12H21N3O5/c1-3-4-14(7-10(17)13-2)12(20)15-6-8(16)5-9(15)11(18)19/h8-9,16H,3-7H2,1-2H3,(H,13,17)(H,18,19)/t8-,9-/m1/s1. The lowest BCUT2D eigenvalue weighted by Gasteiger charge is -2.29. The van der Waals surface area contributed by atoms with E-state index in [2.05, 4.69) is 5.32 Å². The Balaban J connectivity index is 2.82. The Morgan fingerprint density at radius 1 is 1.40 bits per heavy atom. The summed E-state index contributed by atoms with van der Waals surface area (Å²) in [7, 11) is 1.47. The fourth-order valence-corrected chi connectivity index (χ4v) is 2.21. The number of rotatable bonds is 5. The number of carboxylic acid groups (broad SMARTS) is 1. The van der Waals surface area contributed by atoms with Crippen LogP contribution in [0.15, 0.2) is 0 Å². The van der Waals surface area contributed by atoms with Crippen molar-refractivity contribution >= 4 is 17.9 Å². The maximum atomic E-state index is 12.3. The summed E-state index contributed by atoms with van der Waals surface area (Å²) >= 11 is 0. The predicted octanol–water partition coefficient (Wildman–Crippen LogP) is -0.916. The minimum atomic E-state index is -1.15. The highest BCUT2D eigenvalue weighted by Gasteiger charge is 2.40. The van der Waals surface area contributed by atoms with Crippen LogP contribution in [-0.4, -0.2) is 76.7 Å². The summed E-state index contributed by atoms with van der Waals surface area (Å²) in [6.07, 6.45) is -0.179. The van der Waals surface area contributed by atoms with Crippen LogP contribution >= 0.6 is 0 Å². The van der Waals surface area contributed by atoms with Crippen LogP contribution in [0.1, 0.15) is 19.8 Å². The van der Waals surface area contributed by atoms with Crippen molar-refractivity contribution in [3.63, 3.8) is 0 Å². The molecule has 1 aliphatic heterocycles. The van der Waals surface area contributed by atoms with Gasteiger partial charge in [0.05, 0.1) is 6.10 Å². The maximum Gasteiger partial charge on any atom is 0.326 e. The molecule has 3 N–H and O–H groups in total. The number of carbonyl (C=O) groups is 3. The summed E-state index contributed by atoms with van der Waals surface area (Å²) in [6.45, 7) is 2.06. The Bertz CT molecular complexity index is 387. The number of amides is 3. The molecule has 0 unspecified atom stereocenters. The van der Waals surface area contributed by atoms with Gasteiger partial charge in [-0.2, -0.15) is 0 Å². The fraction of sp³-hybridized carbons (Fsp3) is 0.750. The molecular formula is C12H21N3O5. The summed E-state index contributed by atoms with van der Waals surface area (Å²) in [5.74, 6) is -1.47. The van der Waals surface area contributed by atoms with Crippen LogP contribution in [0.5, 0.6) is 0 Å². The molecule has 8 nitrogen and oxygen atoms in total. The topological polar surface area (TPSA) is 110 Å². The average Bonchev–Trinajstić information content (AvgIpc) is 2.79. The number of urea groups is 1. The third kappa shape index (κ3) is 3.83. The zero-order valence-electron chi connectivity index (χ0n) is 11.7. The number of β-amino-alcohol motifs (C(OH)–C–C–N with tert-alkyl or cyclic N) is 1. The third-order valence-electron chi connectivity index (χ3n) is 3.19. The van der Waals surface area contributed by atoms with Gasteiger partial charge in [0.2, 0.25) is 5.91 Å². The lowest BCUT2D eigenvalue weighted by molar-refractivity contribution is -0.141. The van der Waals surface area contributed by atoms with Gasteiger partial charge in [-0.15, -0.1) is 0 Å². The van der Waals surface area contributed by atoms with Crippen LogP contribution in [0.3, 0.4) is 0 Å². The Labute approximate surface area is 117 Å². The number of aliphatic hydroxyl groups excluding tert-OH is 1. The van der Waals surface area contributed by atoms with Gasteiger partial charge in [0, 0.05) is 26.6 Å². The predicted molar refractivity (Wildman–Crippen MR) is 70.1 cm³/mol. The zero-order valence-corrected chi connectivity index (χ0v) is 11.7. The van der Waals surface area contributed by atoms with E-state index in [-0.39, 0.29) is 25.4 Å². The van der Waals surface area contributed by atoms with Crippen LogP contribution in [-0.2, 0) is 9.59 Å². The Morgan fingerprint density at radius 2 is 2.05 bits per heavy atom. The van der Waals surface area contributed by atoms with E-state index < -0.39 is 24.1 Å². The Kier molecular flexibility index (Phi) is 5.75. The number of likely N-dealkylation sites (N-methyl/N-ethyl adjacent to an activating group) is 1. The van der Waals surface area contributed by atoms with E-state index in [0.717, 1.165) is 4.90 Å². The van der Waals surface area contributed by atoms with E-state index in [1.54, 1.807) is 0 Å². The molecule has 1 saturated heterocycles. The number of carbonyl (C=O) groups excluding carboxylic acids is 2. The van der Waals surface area contributed by atoms with Crippen molar-refractivity contribution in [1.82, 2.24) is 15.1 Å². The lowest BCUT2D eigenvalue weighted by Crippen LogP contribution is -2.50. The molecule has 1 heterocycles. The van der Waals surface area contributed by atoms with Gasteiger partial charge in [0.25, 0.3) is 0 Å². The Hall–Kier alpha value is -1.83. The molecule has 114 valence electrons. The minimum absolute atomic E-state index is 0.0149. The summed E-state index contributed by atoms with van der Waals surface area (Å²) in [5.41, 5.74) is 0. The number of nitrogens with zero attached hydrogens (tertiary/aromatic N) is 2. The molecule has 1 fully saturated rings. The molecule has 8 heteroatoms. The molecule has 20 heavy (non-hydrogen) atoms. The van der Waals surface area contributed by atoms with Gasteiger partial charge < -0.3 is 25.3 Å². The number of carboxylic acids is 1. The lowest BCUT2D eigenvalue weighted by atomic mass is 10.2. The molecular weight excluding hydrogens is 266 g/mol. The van der Waals surface area contributed by atoms with Crippen LogP contribution in [0, 0.1) is 0 Å². The number of nitrogens with one attached hydrogen (secondary N) is 1. The maximum absolute atomic E-state index is 12.3.